The molecule has 0 spiro atoms. The largest absolute Gasteiger partial charge is 0.329 e. The van der Waals surface area contributed by atoms with Gasteiger partial charge >= 0.3 is 0 Å². The lowest BCUT2D eigenvalue weighted by Gasteiger charge is -2.18. The molecule has 0 atom stereocenters. The Balaban J connectivity index is 2.31. The van der Waals surface area contributed by atoms with Crippen LogP contribution in [-0.2, 0) is 0 Å². The van der Waals surface area contributed by atoms with Crippen LogP contribution >= 0.6 is 0 Å². The van der Waals surface area contributed by atoms with Crippen molar-refractivity contribution >= 4 is 11.5 Å². The molecule has 2 nitrogen and oxygen atoms in total. The maximum absolute atomic E-state index is 13.0. The van der Waals surface area contributed by atoms with Crippen molar-refractivity contribution in [2.75, 3.05) is 11.9 Å². The average molecular weight is 216 g/mol. The average Bonchev–Trinajstić information content (AvgIpc) is 2.29. The van der Waals surface area contributed by atoms with Gasteiger partial charge in [-0.05, 0) is 31.2 Å². The summed E-state index contributed by atoms with van der Waals surface area (Å²) in [6.45, 7) is 2.03. The van der Waals surface area contributed by atoms with Crippen LogP contribution in [0, 0.1) is 12.9 Å². The highest BCUT2D eigenvalue weighted by Gasteiger charge is 2.05. The third-order valence-electron chi connectivity index (χ3n) is 2.47. The molecule has 0 aliphatic heterocycles. The summed E-state index contributed by atoms with van der Waals surface area (Å²) in [6.07, 6.45) is 0. The van der Waals surface area contributed by atoms with Gasteiger partial charge in [0, 0.05) is 12.7 Å². The molecule has 1 aromatic heterocycles. The first-order valence-corrected chi connectivity index (χ1v) is 5.10. The van der Waals surface area contributed by atoms with E-state index in [9.17, 15) is 4.39 Å². The fraction of sp³-hybridized carbons (Fsp3) is 0.154. The number of aryl methyl sites for hydroxylation is 1. The number of aromatic nitrogens is 1. The Morgan fingerprint density at radius 2 is 1.75 bits per heavy atom. The standard InChI is InChI=1S/C13H13FN2/c1-10-6-8-11(9-7-10)16(2)13-5-3-4-12(14)15-13/h3-9H,1-2H3. The molecule has 0 fully saturated rings. The Bertz CT molecular complexity index is 480. The van der Waals surface area contributed by atoms with Crippen molar-refractivity contribution in [3.05, 3.63) is 54.0 Å². The second-order valence-corrected chi connectivity index (χ2v) is 3.71. The molecule has 0 radical (unpaired) electrons. The molecule has 3 heteroatoms. The Morgan fingerprint density at radius 3 is 2.38 bits per heavy atom. The van der Waals surface area contributed by atoms with Crippen molar-refractivity contribution in [3.8, 4) is 0 Å². The number of pyridine rings is 1. The number of nitrogens with zero attached hydrogens (tertiary/aromatic N) is 2. The fourth-order valence-electron chi connectivity index (χ4n) is 1.48. The van der Waals surface area contributed by atoms with Crippen molar-refractivity contribution in [1.29, 1.82) is 0 Å². The van der Waals surface area contributed by atoms with Crippen LogP contribution in [0.4, 0.5) is 15.9 Å². The monoisotopic (exact) mass is 216 g/mol. The highest BCUT2D eigenvalue weighted by Crippen LogP contribution is 2.21. The highest BCUT2D eigenvalue weighted by atomic mass is 19.1. The molecule has 0 unspecified atom stereocenters. The van der Waals surface area contributed by atoms with Gasteiger partial charge in [0.05, 0.1) is 0 Å². The predicted molar refractivity (Wildman–Crippen MR) is 63.4 cm³/mol. The quantitative estimate of drug-likeness (QED) is 0.716. The van der Waals surface area contributed by atoms with Crippen LogP contribution in [0.5, 0.6) is 0 Å². The van der Waals surface area contributed by atoms with Gasteiger partial charge < -0.3 is 4.90 Å². The van der Waals surface area contributed by atoms with E-state index >= 15 is 0 Å². The molecule has 0 aliphatic rings. The highest BCUT2D eigenvalue weighted by molar-refractivity contribution is 5.59. The van der Waals surface area contributed by atoms with E-state index in [-0.39, 0.29) is 0 Å². The normalized spacial score (nSPS) is 10.2. The minimum absolute atomic E-state index is 0.462. The van der Waals surface area contributed by atoms with Gasteiger partial charge in [0.1, 0.15) is 5.82 Å². The fourth-order valence-corrected chi connectivity index (χ4v) is 1.48. The Kier molecular flexibility index (Phi) is 2.86. The third-order valence-corrected chi connectivity index (χ3v) is 2.47. The summed E-state index contributed by atoms with van der Waals surface area (Å²) in [5.74, 6) is 0.139. The first kappa shape index (κ1) is 10.6. The number of rotatable bonds is 2. The number of hydrogen-bond acceptors (Lipinski definition) is 2. The van der Waals surface area contributed by atoms with E-state index in [2.05, 4.69) is 4.98 Å². The van der Waals surface area contributed by atoms with E-state index in [1.165, 1.54) is 11.6 Å². The second kappa shape index (κ2) is 4.31. The lowest BCUT2D eigenvalue weighted by molar-refractivity contribution is 0.584. The van der Waals surface area contributed by atoms with Crippen molar-refractivity contribution in [2.45, 2.75) is 6.92 Å². The van der Waals surface area contributed by atoms with Crippen molar-refractivity contribution in [1.82, 2.24) is 4.98 Å². The van der Waals surface area contributed by atoms with Crippen LogP contribution in [0.25, 0.3) is 0 Å². The number of halogens is 1. The van der Waals surface area contributed by atoms with E-state index in [0.29, 0.717) is 5.82 Å². The van der Waals surface area contributed by atoms with Gasteiger partial charge in [-0.1, -0.05) is 23.8 Å². The van der Waals surface area contributed by atoms with Crippen LogP contribution in [0.3, 0.4) is 0 Å². The molecular weight excluding hydrogens is 203 g/mol. The molecule has 16 heavy (non-hydrogen) atoms. The molecule has 1 heterocycles. The Labute approximate surface area is 94.4 Å². The van der Waals surface area contributed by atoms with Crippen molar-refractivity contribution in [3.63, 3.8) is 0 Å². The maximum atomic E-state index is 13.0. The number of benzene rings is 1. The lowest BCUT2D eigenvalue weighted by Crippen LogP contribution is -2.11. The maximum Gasteiger partial charge on any atom is 0.214 e. The SMILES string of the molecule is Cc1ccc(N(C)c2cccc(F)n2)cc1. The molecule has 82 valence electrons. The summed E-state index contributed by atoms with van der Waals surface area (Å²) in [5.41, 5.74) is 2.19. The summed E-state index contributed by atoms with van der Waals surface area (Å²) in [7, 11) is 1.87. The van der Waals surface area contributed by atoms with Gasteiger partial charge in [-0.3, -0.25) is 0 Å². The van der Waals surface area contributed by atoms with Gasteiger partial charge in [0.25, 0.3) is 0 Å². The summed E-state index contributed by atoms with van der Waals surface area (Å²) in [4.78, 5) is 5.68. The van der Waals surface area contributed by atoms with E-state index in [1.54, 1.807) is 12.1 Å². The summed E-state index contributed by atoms with van der Waals surface area (Å²) >= 11 is 0. The first-order valence-electron chi connectivity index (χ1n) is 5.10. The molecule has 0 N–H and O–H groups in total. The topological polar surface area (TPSA) is 16.1 Å². The van der Waals surface area contributed by atoms with Crippen LogP contribution in [0.1, 0.15) is 5.56 Å². The molecule has 0 saturated heterocycles. The molecule has 0 amide bonds. The van der Waals surface area contributed by atoms with Gasteiger partial charge in [0.2, 0.25) is 5.95 Å². The van der Waals surface area contributed by atoms with Crippen LogP contribution in [-0.4, -0.2) is 12.0 Å². The third kappa shape index (κ3) is 2.19. The van der Waals surface area contributed by atoms with E-state index in [0.717, 1.165) is 5.69 Å². The summed E-state index contributed by atoms with van der Waals surface area (Å²) in [6, 6.07) is 12.8. The second-order valence-electron chi connectivity index (χ2n) is 3.71. The van der Waals surface area contributed by atoms with Gasteiger partial charge in [-0.15, -0.1) is 0 Å². The van der Waals surface area contributed by atoms with Crippen molar-refractivity contribution in [2.24, 2.45) is 0 Å². The number of anilines is 2. The zero-order valence-corrected chi connectivity index (χ0v) is 9.31. The molecule has 0 aliphatic carbocycles. The van der Waals surface area contributed by atoms with Gasteiger partial charge in [-0.2, -0.15) is 4.39 Å². The molecule has 2 rings (SSSR count). The molecule has 0 bridgehead atoms. The van der Waals surface area contributed by atoms with E-state index in [1.807, 2.05) is 43.1 Å². The summed E-state index contributed by atoms with van der Waals surface area (Å²) < 4.78 is 13.0. The Morgan fingerprint density at radius 1 is 1.06 bits per heavy atom. The van der Waals surface area contributed by atoms with Crippen LogP contribution in [0.15, 0.2) is 42.5 Å². The minimum Gasteiger partial charge on any atom is -0.329 e. The predicted octanol–water partition coefficient (Wildman–Crippen LogP) is 3.30. The lowest BCUT2D eigenvalue weighted by atomic mass is 10.2. The molecule has 2 aromatic rings. The molecule has 1 aromatic carbocycles. The van der Waals surface area contributed by atoms with Crippen LogP contribution < -0.4 is 4.90 Å². The molecular formula is C13H13FN2. The van der Waals surface area contributed by atoms with Gasteiger partial charge in [-0.25, -0.2) is 4.98 Å². The first-order chi connectivity index (χ1) is 7.66. The van der Waals surface area contributed by atoms with Crippen LogP contribution in [0.2, 0.25) is 0 Å². The summed E-state index contributed by atoms with van der Waals surface area (Å²) in [5, 5.41) is 0. The van der Waals surface area contributed by atoms with E-state index < -0.39 is 5.95 Å². The number of hydrogen-bond donors (Lipinski definition) is 0. The zero-order chi connectivity index (χ0) is 11.5. The molecule has 0 saturated carbocycles. The Hall–Kier alpha value is -1.90. The van der Waals surface area contributed by atoms with E-state index in [4.69, 9.17) is 0 Å². The smallest absolute Gasteiger partial charge is 0.214 e. The van der Waals surface area contributed by atoms with Crippen molar-refractivity contribution < 1.29 is 4.39 Å². The minimum atomic E-state index is -0.462. The van der Waals surface area contributed by atoms with Gasteiger partial charge in [0.15, 0.2) is 0 Å². The zero-order valence-electron chi connectivity index (χ0n) is 9.31.